The van der Waals surface area contributed by atoms with E-state index in [1.54, 1.807) is 6.07 Å². The van der Waals surface area contributed by atoms with Gasteiger partial charge in [-0.05, 0) is 100 Å². The van der Waals surface area contributed by atoms with Gasteiger partial charge in [-0.3, -0.25) is 0 Å². The van der Waals surface area contributed by atoms with Gasteiger partial charge in [-0.15, -0.1) is 0 Å². The van der Waals surface area contributed by atoms with Gasteiger partial charge in [0, 0.05) is 17.3 Å². The fourth-order valence-electron chi connectivity index (χ4n) is 4.84. The molecule has 0 bridgehead atoms. The Bertz CT molecular complexity index is 822. The molecule has 176 valence electrons. The quantitative estimate of drug-likeness (QED) is 0.208. The molecule has 0 aliphatic heterocycles. The van der Waals surface area contributed by atoms with Gasteiger partial charge in [0.25, 0.3) is 0 Å². The molecule has 0 amide bonds. The fourth-order valence-corrected chi connectivity index (χ4v) is 4.84. The molecule has 5 heteroatoms. The average molecular weight is 440 g/mol. The summed E-state index contributed by atoms with van der Waals surface area (Å²) in [5, 5.41) is 23.5. The number of nitrogens with zero attached hydrogens (tertiary/aromatic N) is 1. The van der Waals surface area contributed by atoms with E-state index in [1.807, 2.05) is 18.2 Å². The van der Waals surface area contributed by atoms with Crippen molar-refractivity contribution in [2.75, 3.05) is 31.9 Å². The van der Waals surface area contributed by atoms with Crippen LogP contribution in [-0.2, 0) is 19.3 Å². The number of fused-ring (bicyclic) bond motifs is 1. The summed E-state index contributed by atoms with van der Waals surface area (Å²) in [5.41, 5.74) is 10.0. The van der Waals surface area contributed by atoms with Crippen molar-refractivity contribution < 1.29 is 10.2 Å². The molecule has 0 spiro atoms. The molecular formula is C27H41N3O2. The van der Waals surface area contributed by atoms with Crippen LogP contribution in [0.1, 0.15) is 62.1 Å². The summed E-state index contributed by atoms with van der Waals surface area (Å²) in [6.07, 6.45) is 10.1. The molecule has 0 saturated heterocycles. The lowest BCUT2D eigenvalue weighted by molar-refractivity contribution is 0.175. The second-order valence-corrected chi connectivity index (χ2v) is 9.16. The molecular weight excluding hydrogens is 398 g/mol. The highest BCUT2D eigenvalue weighted by atomic mass is 16.3. The number of nitrogens with one attached hydrogen (secondary N) is 1. The number of unbranched alkanes of at least 4 members (excludes halogenated alkanes) is 3. The van der Waals surface area contributed by atoms with E-state index >= 15 is 0 Å². The highest BCUT2D eigenvalue weighted by molar-refractivity contribution is 5.50. The number of phenolic OH excluding ortho intramolecular Hbond substituents is 2. The number of hydrogen-bond acceptors (Lipinski definition) is 5. The van der Waals surface area contributed by atoms with Crippen LogP contribution in [0.3, 0.4) is 0 Å². The third-order valence-corrected chi connectivity index (χ3v) is 6.69. The first-order chi connectivity index (χ1) is 15.6. The monoisotopic (exact) mass is 439 g/mol. The molecule has 2 aromatic carbocycles. The smallest absolute Gasteiger partial charge is 0.160 e. The van der Waals surface area contributed by atoms with Gasteiger partial charge in [0.05, 0.1) is 0 Å². The Morgan fingerprint density at radius 2 is 1.75 bits per heavy atom. The number of nitrogen functional groups attached to an aromatic ring is 1. The summed E-state index contributed by atoms with van der Waals surface area (Å²) in [6.45, 7) is 6.65. The molecule has 0 saturated carbocycles. The van der Waals surface area contributed by atoms with E-state index in [9.17, 15) is 10.2 Å². The van der Waals surface area contributed by atoms with Crippen LogP contribution in [0.5, 0.6) is 11.5 Å². The highest BCUT2D eigenvalue weighted by Crippen LogP contribution is 2.36. The summed E-state index contributed by atoms with van der Waals surface area (Å²) >= 11 is 0. The zero-order chi connectivity index (χ0) is 22.8. The maximum Gasteiger partial charge on any atom is 0.160 e. The van der Waals surface area contributed by atoms with Crippen LogP contribution in [0, 0.1) is 0 Å². The van der Waals surface area contributed by atoms with Crippen LogP contribution in [0.15, 0.2) is 36.4 Å². The van der Waals surface area contributed by atoms with E-state index in [-0.39, 0.29) is 11.5 Å². The number of hydrogen-bond donors (Lipinski definition) is 4. The zero-order valence-electron chi connectivity index (χ0n) is 19.7. The lowest BCUT2D eigenvalue weighted by Gasteiger charge is -2.35. The van der Waals surface area contributed by atoms with Gasteiger partial charge < -0.3 is 26.2 Å². The van der Waals surface area contributed by atoms with Crippen molar-refractivity contribution in [3.63, 3.8) is 0 Å². The number of benzene rings is 2. The molecule has 2 aromatic rings. The lowest BCUT2D eigenvalue weighted by Crippen LogP contribution is -2.40. The third kappa shape index (κ3) is 7.14. The van der Waals surface area contributed by atoms with Crippen LogP contribution >= 0.6 is 0 Å². The first kappa shape index (κ1) is 24.4. The van der Waals surface area contributed by atoms with E-state index in [0.29, 0.717) is 6.04 Å². The van der Waals surface area contributed by atoms with E-state index in [4.69, 9.17) is 5.73 Å². The van der Waals surface area contributed by atoms with Gasteiger partial charge in [-0.25, -0.2) is 0 Å². The topological polar surface area (TPSA) is 81.8 Å². The molecule has 0 aromatic heterocycles. The zero-order valence-corrected chi connectivity index (χ0v) is 19.7. The van der Waals surface area contributed by atoms with Crippen molar-refractivity contribution in [3.8, 4) is 11.5 Å². The number of nitrogens with two attached hydrogens (primary N) is 1. The molecule has 0 unspecified atom stereocenters. The van der Waals surface area contributed by atoms with Gasteiger partial charge >= 0.3 is 0 Å². The van der Waals surface area contributed by atoms with Gasteiger partial charge in [-0.1, -0.05) is 38.0 Å². The van der Waals surface area contributed by atoms with Gasteiger partial charge in [0.1, 0.15) is 0 Å². The number of phenols is 2. The minimum Gasteiger partial charge on any atom is -0.504 e. The maximum absolute atomic E-state index is 10.1. The minimum absolute atomic E-state index is 0.00681. The molecule has 0 fully saturated rings. The van der Waals surface area contributed by atoms with Crippen LogP contribution in [0.2, 0.25) is 0 Å². The Hall–Kier alpha value is -2.24. The second kappa shape index (κ2) is 12.7. The van der Waals surface area contributed by atoms with Gasteiger partial charge in [0.2, 0.25) is 0 Å². The van der Waals surface area contributed by atoms with Crippen molar-refractivity contribution in [1.82, 2.24) is 10.2 Å². The van der Waals surface area contributed by atoms with E-state index in [1.165, 1.54) is 43.2 Å². The molecule has 1 aliphatic carbocycles. The van der Waals surface area contributed by atoms with E-state index in [0.717, 1.165) is 63.1 Å². The van der Waals surface area contributed by atoms with Crippen molar-refractivity contribution >= 4 is 5.69 Å². The Morgan fingerprint density at radius 3 is 2.53 bits per heavy atom. The maximum atomic E-state index is 10.1. The molecule has 0 radical (unpaired) electrons. The first-order valence-electron chi connectivity index (χ1n) is 12.4. The number of aromatic hydroxyl groups is 2. The largest absolute Gasteiger partial charge is 0.504 e. The Labute approximate surface area is 193 Å². The molecule has 3 rings (SSSR count). The standard InChI is InChI=1S/C27H41N3O2/c1-2-18-30(24-12-13-25-22(20-24)9-14-26(31)27(25)32)19-6-4-3-5-16-29-17-15-21-7-10-23(28)11-8-21/h7-11,14,24,29,31-32H,2-6,12-13,15-20,28H2,1H3/t24-/m0/s1. The highest BCUT2D eigenvalue weighted by Gasteiger charge is 2.26. The predicted molar refractivity (Wildman–Crippen MR) is 133 cm³/mol. The fraction of sp³-hybridized carbons (Fsp3) is 0.556. The summed E-state index contributed by atoms with van der Waals surface area (Å²) in [6, 6.07) is 12.3. The summed E-state index contributed by atoms with van der Waals surface area (Å²) in [5.74, 6) is 0.0948. The summed E-state index contributed by atoms with van der Waals surface area (Å²) < 4.78 is 0. The van der Waals surface area contributed by atoms with Gasteiger partial charge in [0.15, 0.2) is 11.5 Å². The molecule has 0 heterocycles. The third-order valence-electron chi connectivity index (χ3n) is 6.69. The van der Waals surface area contributed by atoms with Crippen LogP contribution in [-0.4, -0.2) is 47.3 Å². The van der Waals surface area contributed by atoms with Gasteiger partial charge in [-0.2, -0.15) is 0 Å². The van der Waals surface area contributed by atoms with Crippen LogP contribution < -0.4 is 11.1 Å². The number of anilines is 1. The molecule has 5 N–H and O–H groups in total. The van der Waals surface area contributed by atoms with Crippen molar-refractivity contribution in [3.05, 3.63) is 53.1 Å². The van der Waals surface area contributed by atoms with Crippen molar-refractivity contribution in [2.24, 2.45) is 0 Å². The minimum atomic E-state index is 0.00681. The Morgan fingerprint density at radius 1 is 0.969 bits per heavy atom. The summed E-state index contributed by atoms with van der Waals surface area (Å²) in [7, 11) is 0. The molecule has 1 aliphatic rings. The molecule has 1 atom stereocenters. The Balaban J connectivity index is 1.30. The number of rotatable bonds is 13. The second-order valence-electron chi connectivity index (χ2n) is 9.16. The van der Waals surface area contributed by atoms with Crippen LogP contribution in [0.4, 0.5) is 5.69 Å². The van der Waals surface area contributed by atoms with Crippen molar-refractivity contribution in [2.45, 2.75) is 70.8 Å². The van der Waals surface area contributed by atoms with Crippen molar-refractivity contribution in [1.29, 1.82) is 0 Å². The Kier molecular flexibility index (Phi) is 9.69. The first-order valence-corrected chi connectivity index (χ1v) is 12.4. The molecule has 5 nitrogen and oxygen atoms in total. The van der Waals surface area contributed by atoms with E-state index < -0.39 is 0 Å². The average Bonchev–Trinajstić information content (AvgIpc) is 2.80. The lowest BCUT2D eigenvalue weighted by atomic mass is 9.86. The van der Waals surface area contributed by atoms with Crippen LogP contribution in [0.25, 0.3) is 0 Å². The molecule has 32 heavy (non-hydrogen) atoms. The predicted octanol–water partition coefficient (Wildman–Crippen LogP) is 4.64. The SMILES string of the molecule is CCCN(CCCCCCNCCc1ccc(N)cc1)[C@H]1CCc2c(ccc(O)c2O)C1. The summed E-state index contributed by atoms with van der Waals surface area (Å²) in [4.78, 5) is 2.65. The van der Waals surface area contributed by atoms with E-state index in [2.05, 4.69) is 29.3 Å². The normalized spacial score (nSPS) is 15.8.